The van der Waals surface area contributed by atoms with Crippen LogP contribution < -0.4 is 10.5 Å². The van der Waals surface area contributed by atoms with Crippen LogP contribution in [-0.4, -0.2) is 19.8 Å². The topological polar surface area (TPSA) is 78.6 Å². The van der Waals surface area contributed by atoms with E-state index in [2.05, 4.69) is 4.98 Å². The van der Waals surface area contributed by atoms with E-state index in [0.29, 0.717) is 0 Å². The number of aryl methyl sites for hydroxylation is 2. The second-order valence-corrected chi connectivity index (χ2v) is 8.60. The molecular formula is C23H21N3O3S. The van der Waals surface area contributed by atoms with Gasteiger partial charge in [-0.05, 0) is 79.8 Å². The van der Waals surface area contributed by atoms with Gasteiger partial charge in [0.2, 0.25) is 0 Å². The van der Waals surface area contributed by atoms with Gasteiger partial charge in [-0.25, -0.2) is 4.98 Å². The van der Waals surface area contributed by atoms with Crippen molar-refractivity contribution in [2.45, 2.75) is 32.4 Å². The second kappa shape index (κ2) is 7.50. The molecule has 6 nitrogen and oxygen atoms in total. The molecule has 0 saturated carbocycles. The predicted molar refractivity (Wildman–Crippen MR) is 119 cm³/mol. The lowest BCUT2D eigenvalue weighted by Gasteiger charge is -2.26. The first kappa shape index (κ1) is 18.7. The number of hydrogen-bond donors (Lipinski definition) is 2. The molecular weight excluding hydrogens is 398 g/mol. The van der Waals surface area contributed by atoms with Crippen molar-refractivity contribution in [1.82, 2.24) is 9.55 Å². The Morgan fingerprint density at radius 2 is 1.53 bits per heavy atom. The fraction of sp³-hybridized carbons (Fsp3) is 0.217. The van der Waals surface area contributed by atoms with Gasteiger partial charge in [-0.15, -0.1) is 11.3 Å². The maximum absolute atomic E-state index is 13.4. The molecule has 2 heterocycles. The molecule has 1 aliphatic carbocycles. The van der Waals surface area contributed by atoms with E-state index in [4.69, 9.17) is 0 Å². The minimum absolute atomic E-state index is 0.0260. The average molecular weight is 420 g/mol. The minimum atomic E-state index is -0.0260. The molecule has 1 aliphatic rings. The first-order valence-corrected chi connectivity index (χ1v) is 10.8. The van der Waals surface area contributed by atoms with Crippen molar-refractivity contribution < 1.29 is 10.2 Å². The number of anilines is 2. The van der Waals surface area contributed by atoms with Crippen LogP contribution in [0.2, 0.25) is 0 Å². The van der Waals surface area contributed by atoms with Gasteiger partial charge in [0, 0.05) is 16.3 Å². The Morgan fingerprint density at radius 1 is 0.933 bits per heavy atom. The average Bonchev–Trinajstić information content (AvgIpc) is 3.14. The van der Waals surface area contributed by atoms with E-state index in [1.54, 1.807) is 70.8 Å². The van der Waals surface area contributed by atoms with Crippen molar-refractivity contribution in [2.24, 2.45) is 0 Å². The standard InChI is InChI=1S/C23H21N3O3S/c27-17-9-5-15(6-10-17)26(16-7-11-18(28)12-8-16)14-25-13-24-22-21(23(25)29)19-3-1-2-4-20(19)30-22/h5-13,27-28H,1-4,14H2. The Hall–Kier alpha value is -3.32. The summed E-state index contributed by atoms with van der Waals surface area (Å²) in [5.41, 5.74) is 2.78. The van der Waals surface area contributed by atoms with Gasteiger partial charge in [0.15, 0.2) is 0 Å². The van der Waals surface area contributed by atoms with Crippen LogP contribution in [0.3, 0.4) is 0 Å². The van der Waals surface area contributed by atoms with E-state index >= 15 is 0 Å². The zero-order valence-corrected chi connectivity index (χ0v) is 17.1. The number of phenols is 2. The van der Waals surface area contributed by atoms with E-state index in [1.165, 1.54) is 16.9 Å². The normalized spacial score (nSPS) is 13.3. The number of aromatic hydroxyl groups is 2. The van der Waals surface area contributed by atoms with Gasteiger partial charge in [-0.1, -0.05) is 0 Å². The molecule has 2 aromatic carbocycles. The number of thiophene rings is 1. The van der Waals surface area contributed by atoms with Crippen LogP contribution in [0.4, 0.5) is 11.4 Å². The van der Waals surface area contributed by atoms with Crippen molar-refractivity contribution in [3.8, 4) is 11.5 Å². The smallest absolute Gasteiger partial charge is 0.263 e. The molecule has 152 valence electrons. The molecule has 0 atom stereocenters. The molecule has 2 aromatic heterocycles. The number of fused-ring (bicyclic) bond motifs is 3. The number of hydrogen-bond acceptors (Lipinski definition) is 6. The van der Waals surface area contributed by atoms with Gasteiger partial charge >= 0.3 is 0 Å². The Balaban J connectivity index is 1.60. The van der Waals surface area contributed by atoms with Crippen molar-refractivity contribution >= 4 is 32.9 Å². The molecule has 5 rings (SSSR count). The minimum Gasteiger partial charge on any atom is -0.508 e. The van der Waals surface area contributed by atoms with E-state index in [9.17, 15) is 15.0 Å². The number of nitrogens with zero attached hydrogens (tertiary/aromatic N) is 3. The van der Waals surface area contributed by atoms with E-state index < -0.39 is 0 Å². The van der Waals surface area contributed by atoms with Gasteiger partial charge in [0.05, 0.1) is 5.39 Å². The maximum atomic E-state index is 13.4. The lowest BCUT2D eigenvalue weighted by atomic mass is 9.97. The second-order valence-electron chi connectivity index (χ2n) is 7.51. The van der Waals surface area contributed by atoms with E-state index in [0.717, 1.165) is 40.9 Å². The molecule has 4 aromatic rings. The van der Waals surface area contributed by atoms with Crippen LogP contribution in [0, 0.1) is 0 Å². The molecule has 30 heavy (non-hydrogen) atoms. The van der Waals surface area contributed by atoms with Crippen LogP contribution in [0.1, 0.15) is 23.3 Å². The summed E-state index contributed by atoms with van der Waals surface area (Å²) in [6.07, 6.45) is 5.86. The molecule has 0 unspecified atom stereocenters. The highest BCUT2D eigenvalue weighted by molar-refractivity contribution is 7.18. The largest absolute Gasteiger partial charge is 0.508 e. The van der Waals surface area contributed by atoms with E-state index in [-0.39, 0.29) is 23.7 Å². The molecule has 0 aliphatic heterocycles. The third kappa shape index (κ3) is 3.31. The number of rotatable bonds is 4. The Morgan fingerprint density at radius 3 is 2.17 bits per heavy atom. The molecule has 0 spiro atoms. The molecule has 0 fully saturated rings. The summed E-state index contributed by atoms with van der Waals surface area (Å²) < 4.78 is 1.63. The summed E-state index contributed by atoms with van der Waals surface area (Å²) in [5, 5.41) is 20.1. The van der Waals surface area contributed by atoms with Crippen LogP contribution in [-0.2, 0) is 19.5 Å². The highest BCUT2D eigenvalue weighted by Crippen LogP contribution is 2.34. The van der Waals surface area contributed by atoms with E-state index in [1.807, 2.05) is 4.90 Å². The van der Waals surface area contributed by atoms with Crippen LogP contribution in [0.25, 0.3) is 10.2 Å². The van der Waals surface area contributed by atoms with Crippen LogP contribution in [0.15, 0.2) is 59.7 Å². The predicted octanol–water partition coefficient (Wildman–Crippen LogP) is 4.54. The SMILES string of the molecule is O=c1c2c3c(sc2ncn1CN(c1ccc(O)cc1)c1ccc(O)cc1)CCCC3. The Kier molecular flexibility index (Phi) is 4.67. The lowest BCUT2D eigenvalue weighted by Crippen LogP contribution is -2.30. The van der Waals surface area contributed by atoms with Crippen molar-refractivity contribution in [3.63, 3.8) is 0 Å². The van der Waals surface area contributed by atoms with Crippen molar-refractivity contribution in [3.05, 3.63) is 75.7 Å². The summed E-state index contributed by atoms with van der Waals surface area (Å²) in [5.74, 6) is 0.351. The lowest BCUT2D eigenvalue weighted by molar-refractivity contribution is 0.475. The highest BCUT2D eigenvalue weighted by atomic mass is 32.1. The fourth-order valence-electron chi connectivity index (χ4n) is 4.01. The summed E-state index contributed by atoms with van der Waals surface area (Å²) in [6, 6.07) is 13.6. The van der Waals surface area contributed by atoms with Gasteiger partial charge in [0.1, 0.15) is 29.3 Å². The quantitative estimate of drug-likeness (QED) is 0.508. The third-order valence-electron chi connectivity index (χ3n) is 5.56. The molecule has 0 amide bonds. The first-order valence-electron chi connectivity index (χ1n) is 9.95. The number of phenolic OH excluding ortho intramolecular Hbond substituents is 2. The monoisotopic (exact) mass is 419 g/mol. The summed E-state index contributed by atoms with van der Waals surface area (Å²) in [6.45, 7) is 0.266. The number of benzene rings is 2. The van der Waals surface area contributed by atoms with Crippen molar-refractivity contribution in [2.75, 3.05) is 4.90 Å². The molecule has 7 heteroatoms. The van der Waals surface area contributed by atoms with Gasteiger partial charge in [-0.2, -0.15) is 0 Å². The molecule has 0 saturated heterocycles. The Labute approximate surface area is 177 Å². The number of aromatic nitrogens is 2. The van der Waals surface area contributed by atoms with Gasteiger partial charge < -0.3 is 15.1 Å². The third-order valence-corrected chi connectivity index (χ3v) is 6.76. The van der Waals surface area contributed by atoms with Crippen molar-refractivity contribution in [1.29, 1.82) is 0 Å². The maximum Gasteiger partial charge on any atom is 0.263 e. The zero-order chi connectivity index (χ0) is 20.7. The van der Waals surface area contributed by atoms with Gasteiger partial charge in [-0.3, -0.25) is 9.36 Å². The first-order chi connectivity index (χ1) is 14.6. The molecule has 0 bridgehead atoms. The zero-order valence-electron chi connectivity index (χ0n) is 16.3. The van der Waals surface area contributed by atoms with Crippen LogP contribution >= 0.6 is 11.3 Å². The Bertz CT molecular complexity index is 1210. The van der Waals surface area contributed by atoms with Gasteiger partial charge in [0.25, 0.3) is 5.56 Å². The summed E-state index contributed by atoms with van der Waals surface area (Å²) >= 11 is 1.64. The molecule has 0 radical (unpaired) electrons. The fourth-order valence-corrected chi connectivity index (χ4v) is 5.23. The summed E-state index contributed by atoms with van der Waals surface area (Å²) in [7, 11) is 0. The molecule has 2 N–H and O–H groups in total. The van der Waals surface area contributed by atoms with Crippen LogP contribution in [0.5, 0.6) is 11.5 Å². The summed E-state index contributed by atoms with van der Waals surface area (Å²) in [4.78, 5) is 22.1. The highest BCUT2D eigenvalue weighted by Gasteiger charge is 2.21.